The summed E-state index contributed by atoms with van der Waals surface area (Å²) < 4.78 is 25.3. The van der Waals surface area contributed by atoms with Gasteiger partial charge in [0.2, 0.25) is 0 Å². The summed E-state index contributed by atoms with van der Waals surface area (Å²) in [5.41, 5.74) is 1.02. The maximum Gasteiger partial charge on any atom is 0.343 e. The van der Waals surface area contributed by atoms with E-state index in [1.807, 2.05) is 0 Å². The molecule has 0 radical (unpaired) electrons. The number of amides is 1. The lowest BCUT2D eigenvalue weighted by Gasteiger charge is -2.31. The fourth-order valence-electron chi connectivity index (χ4n) is 4.02. The fraction of sp³-hybridized carbons (Fsp3) is 0.348. The van der Waals surface area contributed by atoms with E-state index in [1.54, 1.807) is 54.0 Å². The number of halogens is 1. The largest absolute Gasteiger partial charge is 0.497 e. The second-order valence-electron chi connectivity index (χ2n) is 7.77. The first kappa shape index (κ1) is 21.6. The van der Waals surface area contributed by atoms with Crippen LogP contribution in [-0.4, -0.2) is 52.9 Å². The van der Waals surface area contributed by atoms with E-state index in [2.05, 4.69) is 10.2 Å². The van der Waals surface area contributed by atoms with Crippen molar-refractivity contribution >= 4 is 5.91 Å². The first-order chi connectivity index (χ1) is 15.5. The highest BCUT2D eigenvalue weighted by atomic mass is 19.1. The highest BCUT2D eigenvalue weighted by molar-refractivity contribution is 5.95. The molecule has 1 aromatic heterocycles. The van der Waals surface area contributed by atoms with E-state index in [1.165, 1.54) is 12.1 Å². The van der Waals surface area contributed by atoms with Crippen LogP contribution in [0.5, 0.6) is 11.5 Å². The number of hydrogen-bond donors (Lipinski definition) is 1. The molecule has 1 N–H and O–H groups in total. The predicted octanol–water partition coefficient (Wildman–Crippen LogP) is 2.80. The van der Waals surface area contributed by atoms with E-state index in [9.17, 15) is 14.0 Å². The van der Waals surface area contributed by atoms with E-state index in [0.717, 1.165) is 5.56 Å². The van der Waals surface area contributed by atoms with Gasteiger partial charge in [-0.15, -0.1) is 0 Å². The summed E-state index contributed by atoms with van der Waals surface area (Å²) in [5.74, 6) is 1.41. The number of nitrogens with one attached hydrogen (secondary N) is 1. The van der Waals surface area contributed by atoms with Crippen LogP contribution in [-0.2, 0) is 6.54 Å². The molecule has 32 heavy (non-hydrogen) atoms. The number of rotatable bonds is 6. The second-order valence-corrected chi connectivity index (χ2v) is 7.77. The number of aromatic nitrogens is 3. The summed E-state index contributed by atoms with van der Waals surface area (Å²) in [4.78, 5) is 27.1. The minimum Gasteiger partial charge on any atom is -0.497 e. The number of likely N-dealkylation sites (tertiary alicyclic amines) is 1. The summed E-state index contributed by atoms with van der Waals surface area (Å²) in [6, 6.07) is 11.2. The molecule has 1 aliphatic rings. The van der Waals surface area contributed by atoms with Crippen molar-refractivity contribution in [2.24, 2.45) is 0 Å². The topological polar surface area (TPSA) is 89.5 Å². The summed E-state index contributed by atoms with van der Waals surface area (Å²) in [6.07, 6.45) is 1.36. The lowest BCUT2D eigenvalue weighted by molar-refractivity contribution is 0.0709. The lowest BCUT2D eigenvalue weighted by Crippen LogP contribution is -2.38. The molecule has 1 fully saturated rings. The van der Waals surface area contributed by atoms with Gasteiger partial charge in [0, 0.05) is 30.6 Å². The van der Waals surface area contributed by atoms with E-state index in [4.69, 9.17) is 9.47 Å². The van der Waals surface area contributed by atoms with Crippen molar-refractivity contribution in [3.8, 4) is 11.5 Å². The number of carbonyl (C=O) groups excluding carboxylic acids is 1. The van der Waals surface area contributed by atoms with Crippen LogP contribution in [0.1, 0.15) is 40.5 Å². The molecule has 3 aromatic rings. The van der Waals surface area contributed by atoms with Gasteiger partial charge in [0.25, 0.3) is 5.91 Å². The smallest absolute Gasteiger partial charge is 0.343 e. The molecule has 9 heteroatoms. The predicted molar refractivity (Wildman–Crippen MR) is 116 cm³/mol. The molecule has 8 nitrogen and oxygen atoms in total. The van der Waals surface area contributed by atoms with Crippen LogP contribution in [0.15, 0.2) is 47.3 Å². The van der Waals surface area contributed by atoms with Crippen LogP contribution in [0.4, 0.5) is 4.39 Å². The molecule has 0 saturated carbocycles. The molecular weight excluding hydrogens is 415 g/mol. The quantitative estimate of drug-likeness (QED) is 0.637. The molecule has 1 saturated heterocycles. The van der Waals surface area contributed by atoms with E-state index < -0.39 is 0 Å². The molecule has 0 unspecified atom stereocenters. The van der Waals surface area contributed by atoms with Crippen LogP contribution in [0.3, 0.4) is 0 Å². The molecule has 168 valence electrons. The molecule has 4 rings (SSSR count). The van der Waals surface area contributed by atoms with Crippen LogP contribution >= 0.6 is 0 Å². The number of carbonyl (C=O) groups is 1. The molecule has 0 spiro atoms. The van der Waals surface area contributed by atoms with Gasteiger partial charge in [-0.3, -0.25) is 9.36 Å². The zero-order valence-corrected chi connectivity index (χ0v) is 18.0. The number of benzene rings is 2. The minimum atomic E-state index is -0.320. The zero-order chi connectivity index (χ0) is 22.7. The van der Waals surface area contributed by atoms with Crippen molar-refractivity contribution in [3.05, 3.63) is 75.7 Å². The van der Waals surface area contributed by atoms with Gasteiger partial charge in [-0.05, 0) is 42.7 Å². The Bertz CT molecular complexity index is 1130. The monoisotopic (exact) mass is 440 g/mol. The van der Waals surface area contributed by atoms with Gasteiger partial charge in [0.1, 0.15) is 23.1 Å². The number of aromatic amines is 1. The van der Waals surface area contributed by atoms with Crippen molar-refractivity contribution in [2.45, 2.75) is 25.3 Å². The summed E-state index contributed by atoms with van der Waals surface area (Å²) in [7, 11) is 3.09. The molecule has 1 amide bonds. The van der Waals surface area contributed by atoms with Crippen molar-refractivity contribution in [3.63, 3.8) is 0 Å². The first-order valence-electron chi connectivity index (χ1n) is 10.4. The van der Waals surface area contributed by atoms with Crippen molar-refractivity contribution in [1.29, 1.82) is 0 Å². The average Bonchev–Trinajstić information content (AvgIpc) is 3.19. The summed E-state index contributed by atoms with van der Waals surface area (Å²) in [5, 5.41) is 6.77. The zero-order valence-electron chi connectivity index (χ0n) is 18.0. The average molecular weight is 440 g/mol. The third-order valence-electron chi connectivity index (χ3n) is 5.79. The van der Waals surface area contributed by atoms with Gasteiger partial charge in [-0.2, -0.15) is 5.10 Å². The molecule has 2 aromatic carbocycles. The highest BCUT2D eigenvalue weighted by Crippen LogP contribution is 2.29. The third-order valence-corrected chi connectivity index (χ3v) is 5.79. The number of hydrogen-bond acceptors (Lipinski definition) is 5. The Kier molecular flexibility index (Phi) is 6.25. The lowest BCUT2D eigenvalue weighted by atomic mass is 9.95. The molecule has 0 atom stereocenters. The van der Waals surface area contributed by atoms with Gasteiger partial charge >= 0.3 is 5.69 Å². The van der Waals surface area contributed by atoms with Crippen LogP contribution in [0.2, 0.25) is 0 Å². The van der Waals surface area contributed by atoms with Gasteiger partial charge in [-0.25, -0.2) is 14.3 Å². The fourth-order valence-corrected chi connectivity index (χ4v) is 4.02. The number of H-pyrrole nitrogens is 1. The Balaban J connectivity index is 1.46. The van der Waals surface area contributed by atoms with Crippen LogP contribution in [0.25, 0.3) is 0 Å². The Hall–Kier alpha value is -3.62. The molecule has 0 bridgehead atoms. The standard InChI is InChI=1S/C23H25FN4O4/c1-31-19-11-17(12-20(13-19)32-2)22(29)27-9-7-16(8-10-27)21-25-26-23(30)28(21)14-15-3-5-18(24)6-4-15/h3-6,11-13,16H,7-10,14H2,1-2H3,(H,26,30). The van der Waals surface area contributed by atoms with E-state index >= 15 is 0 Å². The van der Waals surface area contributed by atoms with Gasteiger partial charge < -0.3 is 14.4 Å². The Morgan fingerprint density at radius 2 is 1.72 bits per heavy atom. The minimum absolute atomic E-state index is 0.0401. The van der Waals surface area contributed by atoms with E-state index in [0.29, 0.717) is 55.4 Å². The highest BCUT2D eigenvalue weighted by Gasteiger charge is 2.28. The van der Waals surface area contributed by atoms with E-state index in [-0.39, 0.29) is 23.3 Å². The normalized spacial score (nSPS) is 14.4. The van der Waals surface area contributed by atoms with Crippen molar-refractivity contribution < 1.29 is 18.7 Å². The summed E-state index contributed by atoms with van der Waals surface area (Å²) >= 11 is 0. The Morgan fingerprint density at radius 3 is 2.31 bits per heavy atom. The first-order valence-corrected chi connectivity index (χ1v) is 10.4. The molecular formula is C23H25FN4O4. The SMILES string of the molecule is COc1cc(OC)cc(C(=O)N2CCC(c3n[nH]c(=O)n3Cc3ccc(F)cc3)CC2)c1. The number of ether oxygens (including phenoxy) is 2. The number of nitrogens with zero attached hydrogens (tertiary/aromatic N) is 3. The molecule has 2 heterocycles. The number of piperidine rings is 1. The maximum absolute atomic E-state index is 13.2. The van der Waals surface area contributed by atoms with Gasteiger partial charge in [-0.1, -0.05) is 12.1 Å². The van der Waals surface area contributed by atoms with Crippen LogP contribution in [0, 0.1) is 5.82 Å². The number of methoxy groups -OCH3 is 2. The Labute approximate surface area is 184 Å². The van der Waals surface area contributed by atoms with Crippen LogP contribution < -0.4 is 15.2 Å². The molecule has 1 aliphatic heterocycles. The third kappa shape index (κ3) is 4.51. The Morgan fingerprint density at radius 1 is 1.09 bits per heavy atom. The van der Waals surface area contributed by atoms with Gasteiger partial charge in [0.05, 0.1) is 20.8 Å². The second kappa shape index (κ2) is 9.25. The van der Waals surface area contributed by atoms with Crippen molar-refractivity contribution in [2.75, 3.05) is 27.3 Å². The van der Waals surface area contributed by atoms with Gasteiger partial charge in [0.15, 0.2) is 0 Å². The maximum atomic E-state index is 13.2. The van der Waals surface area contributed by atoms with Crippen molar-refractivity contribution in [1.82, 2.24) is 19.7 Å². The molecule has 0 aliphatic carbocycles. The summed E-state index contributed by atoms with van der Waals surface area (Å²) in [6.45, 7) is 1.40.